The van der Waals surface area contributed by atoms with Crippen molar-refractivity contribution in [3.63, 3.8) is 0 Å². The van der Waals surface area contributed by atoms with Crippen LogP contribution in [0.15, 0.2) is 0 Å². The highest BCUT2D eigenvalue weighted by Crippen LogP contribution is 2.12. The first-order valence-electron chi connectivity index (χ1n) is 6.98. The second kappa shape index (κ2) is 11.1. The summed E-state index contributed by atoms with van der Waals surface area (Å²) in [5.74, 6) is -1.57. The number of hydrogen-bond donors (Lipinski definition) is 1. The fraction of sp³-hybridized carbons (Fsp3) is 0.857. The van der Waals surface area contributed by atoms with Gasteiger partial charge in [-0.3, -0.25) is 4.79 Å². The summed E-state index contributed by atoms with van der Waals surface area (Å²) in [6.45, 7) is 3.44. The zero-order chi connectivity index (χ0) is 13.8. The van der Waals surface area contributed by atoms with E-state index in [2.05, 4.69) is 6.92 Å². The molecule has 0 saturated heterocycles. The summed E-state index contributed by atoms with van der Waals surface area (Å²) >= 11 is 0. The van der Waals surface area contributed by atoms with Crippen molar-refractivity contribution in [1.29, 1.82) is 0 Å². The Kier molecular flexibility index (Phi) is 10.4. The fourth-order valence-corrected chi connectivity index (χ4v) is 1.90. The standard InChI is InChI=1S/C14H26O4/c1-3-4-5-6-7-8-9-10-11-13(14(16)17)18-12(2)15/h13H,3-11H2,1-2H3,(H,16,17)/t13-/m1/s1. The summed E-state index contributed by atoms with van der Waals surface area (Å²) in [5, 5.41) is 8.84. The molecule has 1 atom stereocenters. The molecule has 4 heteroatoms. The van der Waals surface area contributed by atoms with Crippen LogP contribution < -0.4 is 0 Å². The van der Waals surface area contributed by atoms with E-state index in [4.69, 9.17) is 9.84 Å². The van der Waals surface area contributed by atoms with Crippen molar-refractivity contribution >= 4 is 11.9 Å². The minimum Gasteiger partial charge on any atom is -0.479 e. The zero-order valence-electron chi connectivity index (χ0n) is 11.6. The van der Waals surface area contributed by atoms with Crippen molar-refractivity contribution in [2.24, 2.45) is 0 Å². The van der Waals surface area contributed by atoms with Crippen LogP contribution in [0.25, 0.3) is 0 Å². The third-order valence-electron chi connectivity index (χ3n) is 2.90. The number of rotatable bonds is 11. The highest BCUT2D eigenvalue weighted by Gasteiger charge is 2.19. The number of aliphatic carboxylic acids is 1. The molecular formula is C14H26O4. The normalized spacial score (nSPS) is 12.1. The van der Waals surface area contributed by atoms with Crippen molar-refractivity contribution in [2.75, 3.05) is 0 Å². The highest BCUT2D eigenvalue weighted by atomic mass is 16.6. The summed E-state index contributed by atoms with van der Waals surface area (Å²) in [6, 6.07) is 0. The molecule has 0 aromatic rings. The highest BCUT2D eigenvalue weighted by molar-refractivity contribution is 5.76. The molecular weight excluding hydrogens is 232 g/mol. The van der Waals surface area contributed by atoms with Gasteiger partial charge in [-0.15, -0.1) is 0 Å². The molecule has 106 valence electrons. The lowest BCUT2D eigenvalue weighted by Crippen LogP contribution is -2.25. The number of carboxylic acid groups (broad SMARTS) is 1. The van der Waals surface area contributed by atoms with Crippen LogP contribution in [0.3, 0.4) is 0 Å². The SMILES string of the molecule is CCCCCCCCCC[C@@H](OC(C)=O)C(=O)O. The molecule has 18 heavy (non-hydrogen) atoms. The van der Waals surface area contributed by atoms with E-state index < -0.39 is 18.0 Å². The van der Waals surface area contributed by atoms with E-state index in [0.29, 0.717) is 6.42 Å². The first kappa shape index (κ1) is 16.9. The van der Waals surface area contributed by atoms with Gasteiger partial charge in [0.1, 0.15) is 0 Å². The van der Waals surface area contributed by atoms with Gasteiger partial charge < -0.3 is 9.84 Å². The predicted molar refractivity (Wildman–Crippen MR) is 70.4 cm³/mol. The van der Waals surface area contributed by atoms with E-state index in [1.807, 2.05) is 0 Å². The van der Waals surface area contributed by atoms with Crippen LogP contribution in [-0.2, 0) is 14.3 Å². The van der Waals surface area contributed by atoms with Crippen LogP contribution in [0.1, 0.15) is 71.6 Å². The molecule has 0 radical (unpaired) electrons. The van der Waals surface area contributed by atoms with E-state index in [1.54, 1.807) is 0 Å². The van der Waals surface area contributed by atoms with Crippen molar-refractivity contribution in [3.05, 3.63) is 0 Å². The van der Waals surface area contributed by atoms with Gasteiger partial charge in [0.2, 0.25) is 0 Å². The van der Waals surface area contributed by atoms with Crippen LogP contribution in [-0.4, -0.2) is 23.1 Å². The molecule has 0 aromatic carbocycles. The average molecular weight is 258 g/mol. The maximum Gasteiger partial charge on any atom is 0.345 e. The number of esters is 1. The molecule has 0 spiro atoms. The predicted octanol–water partition coefficient (Wildman–Crippen LogP) is 3.53. The molecule has 0 fully saturated rings. The Bertz CT molecular complexity index is 238. The van der Waals surface area contributed by atoms with E-state index in [9.17, 15) is 9.59 Å². The zero-order valence-corrected chi connectivity index (χ0v) is 11.6. The third-order valence-corrected chi connectivity index (χ3v) is 2.90. The van der Waals surface area contributed by atoms with Gasteiger partial charge in [0.15, 0.2) is 6.10 Å². The van der Waals surface area contributed by atoms with Crippen molar-refractivity contribution in [2.45, 2.75) is 77.7 Å². The number of unbranched alkanes of at least 4 members (excludes halogenated alkanes) is 7. The van der Waals surface area contributed by atoms with Crippen LogP contribution in [0.4, 0.5) is 0 Å². The summed E-state index contributed by atoms with van der Waals surface area (Å²) in [6.07, 6.45) is 8.72. The molecule has 0 heterocycles. The van der Waals surface area contributed by atoms with Gasteiger partial charge in [0.05, 0.1) is 0 Å². The Morgan fingerprint density at radius 3 is 1.94 bits per heavy atom. The molecule has 0 aliphatic rings. The molecule has 0 amide bonds. The Labute approximate surface area is 110 Å². The van der Waals surface area contributed by atoms with Crippen molar-refractivity contribution < 1.29 is 19.4 Å². The molecule has 0 aliphatic carbocycles. The maximum atomic E-state index is 10.8. The monoisotopic (exact) mass is 258 g/mol. The van der Waals surface area contributed by atoms with Crippen molar-refractivity contribution in [1.82, 2.24) is 0 Å². The summed E-state index contributed by atoms with van der Waals surface area (Å²) < 4.78 is 4.73. The van der Waals surface area contributed by atoms with E-state index in [-0.39, 0.29) is 0 Å². The third kappa shape index (κ3) is 10.1. The van der Waals surface area contributed by atoms with Gasteiger partial charge >= 0.3 is 11.9 Å². The molecule has 0 saturated carbocycles. The Morgan fingerprint density at radius 1 is 1.00 bits per heavy atom. The summed E-state index contributed by atoms with van der Waals surface area (Å²) in [4.78, 5) is 21.5. The Hall–Kier alpha value is -1.06. The lowest BCUT2D eigenvalue weighted by Gasteiger charge is -2.11. The Morgan fingerprint density at radius 2 is 1.50 bits per heavy atom. The Balaban J connectivity index is 3.49. The van der Waals surface area contributed by atoms with Crippen LogP contribution in [0, 0.1) is 0 Å². The van der Waals surface area contributed by atoms with Gasteiger partial charge in [-0.1, -0.05) is 51.9 Å². The lowest BCUT2D eigenvalue weighted by molar-refractivity contribution is -0.163. The lowest BCUT2D eigenvalue weighted by atomic mass is 10.1. The number of ether oxygens (including phenoxy) is 1. The molecule has 4 nitrogen and oxygen atoms in total. The second-order valence-corrected chi connectivity index (χ2v) is 4.70. The van der Waals surface area contributed by atoms with Gasteiger partial charge in [-0.25, -0.2) is 4.79 Å². The van der Waals surface area contributed by atoms with Crippen LogP contribution in [0.2, 0.25) is 0 Å². The molecule has 0 aliphatic heterocycles. The fourth-order valence-electron chi connectivity index (χ4n) is 1.90. The molecule has 0 bridgehead atoms. The molecule has 0 rings (SSSR count). The van der Waals surface area contributed by atoms with Gasteiger partial charge in [0, 0.05) is 6.92 Å². The van der Waals surface area contributed by atoms with Crippen LogP contribution >= 0.6 is 0 Å². The minimum atomic E-state index is -1.05. The van der Waals surface area contributed by atoms with Crippen molar-refractivity contribution in [3.8, 4) is 0 Å². The molecule has 0 unspecified atom stereocenters. The number of carbonyl (C=O) groups excluding carboxylic acids is 1. The largest absolute Gasteiger partial charge is 0.479 e. The second-order valence-electron chi connectivity index (χ2n) is 4.70. The van der Waals surface area contributed by atoms with Gasteiger partial charge in [0.25, 0.3) is 0 Å². The quantitative estimate of drug-likeness (QED) is 0.455. The first-order valence-corrected chi connectivity index (χ1v) is 6.98. The summed E-state index contributed by atoms with van der Waals surface area (Å²) in [5.41, 5.74) is 0. The van der Waals surface area contributed by atoms with E-state index in [1.165, 1.54) is 39.0 Å². The molecule has 1 N–H and O–H groups in total. The first-order chi connectivity index (χ1) is 8.57. The number of hydrogen-bond acceptors (Lipinski definition) is 3. The number of carbonyl (C=O) groups is 2. The smallest absolute Gasteiger partial charge is 0.345 e. The van der Waals surface area contributed by atoms with E-state index in [0.717, 1.165) is 19.3 Å². The van der Waals surface area contributed by atoms with Gasteiger partial charge in [-0.05, 0) is 12.8 Å². The van der Waals surface area contributed by atoms with Crippen LogP contribution in [0.5, 0.6) is 0 Å². The maximum absolute atomic E-state index is 10.8. The molecule has 0 aromatic heterocycles. The topological polar surface area (TPSA) is 63.6 Å². The van der Waals surface area contributed by atoms with E-state index >= 15 is 0 Å². The minimum absolute atomic E-state index is 0.421. The number of carboxylic acids is 1. The van der Waals surface area contributed by atoms with Gasteiger partial charge in [-0.2, -0.15) is 0 Å². The summed E-state index contributed by atoms with van der Waals surface area (Å²) in [7, 11) is 0. The average Bonchev–Trinajstić information content (AvgIpc) is 2.30.